The lowest BCUT2D eigenvalue weighted by Crippen LogP contribution is -2.12. The second-order valence-electron chi connectivity index (χ2n) is 6.66. The van der Waals surface area contributed by atoms with Gasteiger partial charge in [0.2, 0.25) is 0 Å². The molecule has 1 heterocycles. The van der Waals surface area contributed by atoms with Gasteiger partial charge in [0, 0.05) is 6.07 Å². The SMILES string of the molecule is COc1cc([N+](=O)[O-])ccc1NC(=O)c1ccc(COc2ccc3ccccc3c2)o1. The van der Waals surface area contributed by atoms with E-state index in [1.807, 2.05) is 42.5 Å². The zero-order valence-corrected chi connectivity index (χ0v) is 16.5. The third kappa shape index (κ3) is 4.48. The fourth-order valence-electron chi connectivity index (χ4n) is 3.07. The van der Waals surface area contributed by atoms with E-state index in [4.69, 9.17) is 13.9 Å². The maximum Gasteiger partial charge on any atom is 0.291 e. The molecule has 0 aliphatic heterocycles. The smallest absolute Gasteiger partial charge is 0.291 e. The molecule has 0 saturated carbocycles. The van der Waals surface area contributed by atoms with Crippen LogP contribution < -0.4 is 14.8 Å². The van der Waals surface area contributed by atoms with Gasteiger partial charge in [0.25, 0.3) is 11.6 Å². The molecule has 0 spiro atoms. The number of nitro groups is 1. The summed E-state index contributed by atoms with van der Waals surface area (Å²) >= 11 is 0. The lowest BCUT2D eigenvalue weighted by molar-refractivity contribution is -0.384. The predicted octanol–water partition coefficient (Wildman–Crippen LogP) is 5.18. The summed E-state index contributed by atoms with van der Waals surface area (Å²) in [6.07, 6.45) is 0. The van der Waals surface area contributed by atoms with Gasteiger partial charge in [0.1, 0.15) is 23.9 Å². The normalized spacial score (nSPS) is 10.6. The van der Waals surface area contributed by atoms with Crippen molar-refractivity contribution < 1.29 is 23.6 Å². The van der Waals surface area contributed by atoms with Gasteiger partial charge < -0.3 is 19.2 Å². The van der Waals surface area contributed by atoms with E-state index in [1.54, 1.807) is 6.07 Å². The van der Waals surface area contributed by atoms with Crippen molar-refractivity contribution in [2.75, 3.05) is 12.4 Å². The Bertz CT molecular complexity index is 1260. The first-order chi connectivity index (χ1) is 15.0. The summed E-state index contributed by atoms with van der Waals surface area (Å²) in [5.74, 6) is 0.918. The Morgan fingerprint density at radius 3 is 2.61 bits per heavy atom. The molecule has 0 aliphatic carbocycles. The first-order valence-electron chi connectivity index (χ1n) is 9.37. The van der Waals surface area contributed by atoms with Crippen LogP contribution in [0.2, 0.25) is 0 Å². The first kappa shape index (κ1) is 20.0. The van der Waals surface area contributed by atoms with Crippen LogP contribution in [-0.4, -0.2) is 17.9 Å². The highest BCUT2D eigenvalue weighted by atomic mass is 16.6. The molecule has 0 fully saturated rings. The van der Waals surface area contributed by atoms with Crippen molar-refractivity contribution >= 4 is 28.1 Å². The number of nitro benzene ring substituents is 1. The largest absolute Gasteiger partial charge is 0.494 e. The van der Waals surface area contributed by atoms with Gasteiger partial charge in [-0.2, -0.15) is 0 Å². The number of nitrogens with one attached hydrogen (secondary N) is 1. The summed E-state index contributed by atoms with van der Waals surface area (Å²) in [5.41, 5.74) is 0.157. The molecule has 0 aliphatic rings. The lowest BCUT2D eigenvalue weighted by Gasteiger charge is -2.09. The maximum absolute atomic E-state index is 12.5. The van der Waals surface area contributed by atoms with Crippen molar-refractivity contribution in [2.24, 2.45) is 0 Å². The highest BCUT2D eigenvalue weighted by Crippen LogP contribution is 2.29. The number of non-ortho nitro benzene ring substituents is 1. The molecule has 0 radical (unpaired) electrons. The Balaban J connectivity index is 1.42. The van der Waals surface area contributed by atoms with Gasteiger partial charge in [0.05, 0.1) is 23.8 Å². The van der Waals surface area contributed by atoms with Crippen molar-refractivity contribution in [1.82, 2.24) is 0 Å². The number of anilines is 1. The molecule has 156 valence electrons. The molecule has 4 aromatic rings. The number of amides is 1. The highest BCUT2D eigenvalue weighted by molar-refractivity contribution is 6.03. The Labute approximate surface area is 177 Å². The van der Waals surface area contributed by atoms with Gasteiger partial charge in [-0.25, -0.2) is 0 Å². The molecule has 8 heteroatoms. The monoisotopic (exact) mass is 418 g/mol. The van der Waals surface area contributed by atoms with Gasteiger partial charge in [-0.3, -0.25) is 14.9 Å². The molecule has 1 N–H and O–H groups in total. The van der Waals surface area contributed by atoms with Crippen LogP contribution in [0.25, 0.3) is 10.8 Å². The fraction of sp³-hybridized carbons (Fsp3) is 0.0870. The fourth-order valence-corrected chi connectivity index (χ4v) is 3.07. The molecule has 0 bridgehead atoms. The van der Waals surface area contributed by atoms with Crippen LogP contribution in [-0.2, 0) is 6.61 Å². The third-order valence-corrected chi connectivity index (χ3v) is 4.63. The van der Waals surface area contributed by atoms with Crippen molar-refractivity contribution in [3.8, 4) is 11.5 Å². The summed E-state index contributed by atoms with van der Waals surface area (Å²) in [4.78, 5) is 22.9. The van der Waals surface area contributed by atoms with Gasteiger partial charge in [-0.15, -0.1) is 0 Å². The van der Waals surface area contributed by atoms with Crippen molar-refractivity contribution in [3.05, 3.63) is 94.4 Å². The third-order valence-electron chi connectivity index (χ3n) is 4.63. The topological polar surface area (TPSA) is 104 Å². The number of ether oxygens (including phenoxy) is 2. The highest BCUT2D eigenvalue weighted by Gasteiger charge is 2.17. The van der Waals surface area contributed by atoms with Crippen LogP contribution in [0.15, 0.2) is 77.2 Å². The summed E-state index contributed by atoms with van der Waals surface area (Å²) < 4.78 is 16.5. The van der Waals surface area contributed by atoms with Crippen LogP contribution in [0.1, 0.15) is 16.3 Å². The summed E-state index contributed by atoms with van der Waals surface area (Å²) in [6, 6.07) is 20.9. The van der Waals surface area contributed by atoms with Crippen LogP contribution in [0.3, 0.4) is 0 Å². The van der Waals surface area contributed by atoms with Gasteiger partial charge in [0.15, 0.2) is 5.76 Å². The van der Waals surface area contributed by atoms with E-state index < -0.39 is 10.8 Å². The standard InChI is InChI=1S/C23H18N2O6/c1-29-22-13-17(25(27)28)7-10-20(22)24-23(26)21-11-9-19(31-21)14-30-18-8-6-15-4-2-3-5-16(15)12-18/h2-13H,14H2,1H3,(H,24,26). The molecule has 31 heavy (non-hydrogen) atoms. The zero-order valence-electron chi connectivity index (χ0n) is 16.5. The average Bonchev–Trinajstić information content (AvgIpc) is 3.27. The quantitative estimate of drug-likeness (QED) is 0.328. The van der Waals surface area contributed by atoms with Crippen molar-refractivity contribution in [2.45, 2.75) is 6.61 Å². The van der Waals surface area contributed by atoms with E-state index in [1.165, 1.54) is 31.4 Å². The van der Waals surface area contributed by atoms with Crippen LogP contribution in [0.4, 0.5) is 11.4 Å². The Kier molecular flexibility index (Phi) is 5.53. The minimum absolute atomic E-state index is 0.0810. The van der Waals surface area contributed by atoms with Crippen LogP contribution >= 0.6 is 0 Å². The number of hydrogen-bond acceptors (Lipinski definition) is 6. The molecule has 0 unspecified atom stereocenters. The van der Waals surface area contributed by atoms with E-state index in [9.17, 15) is 14.9 Å². The molecule has 1 amide bonds. The van der Waals surface area contributed by atoms with Crippen molar-refractivity contribution in [1.29, 1.82) is 0 Å². The van der Waals surface area contributed by atoms with Gasteiger partial charge in [-0.1, -0.05) is 30.3 Å². The molecule has 1 aromatic heterocycles. The summed E-state index contributed by atoms with van der Waals surface area (Å²) in [7, 11) is 1.36. The molecule has 0 saturated heterocycles. The average molecular weight is 418 g/mol. The minimum Gasteiger partial charge on any atom is -0.494 e. The predicted molar refractivity (Wildman–Crippen MR) is 115 cm³/mol. The number of benzene rings is 3. The number of methoxy groups -OCH3 is 1. The number of hydrogen-bond donors (Lipinski definition) is 1. The number of carbonyl (C=O) groups is 1. The Morgan fingerprint density at radius 2 is 1.84 bits per heavy atom. The van der Waals surface area contributed by atoms with Gasteiger partial charge in [-0.05, 0) is 41.1 Å². The molecule has 4 rings (SSSR count). The molecule has 0 atom stereocenters. The number of furan rings is 1. The second kappa shape index (κ2) is 8.58. The molecular formula is C23H18N2O6. The Morgan fingerprint density at radius 1 is 1.03 bits per heavy atom. The number of nitrogens with zero attached hydrogens (tertiary/aromatic N) is 1. The Hall–Kier alpha value is -4.33. The van der Waals surface area contributed by atoms with E-state index in [2.05, 4.69) is 5.32 Å². The zero-order chi connectivity index (χ0) is 21.8. The number of rotatable bonds is 7. The van der Waals surface area contributed by atoms with Crippen LogP contribution in [0, 0.1) is 10.1 Å². The van der Waals surface area contributed by atoms with E-state index in [0.717, 1.165) is 10.8 Å². The van der Waals surface area contributed by atoms with Crippen LogP contribution in [0.5, 0.6) is 11.5 Å². The maximum atomic E-state index is 12.5. The summed E-state index contributed by atoms with van der Waals surface area (Å²) in [6.45, 7) is 0.159. The summed E-state index contributed by atoms with van der Waals surface area (Å²) in [5, 5.41) is 15.7. The second-order valence-corrected chi connectivity index (χ2v) is 6.66. The molecule has 8 nitrogen and oxygen atoms in total. The number of fused-ring (bicyclic) bond motifs is 1. The van der Waals surface area contributed by atoms with Crippen molar-refractivity contribution in [3.63, 3.8) is 0 Å². The van der Waals surface area contributed by atoms with Gasteiger partial charge >= 0.3 is 0 Å². The van der Waals surface area contributed by atoms with E-state index >= 15 is 0 Å². The minimum atomic E-state index is -0.539. The lowest BCUT2D eigenvalue weighted by atomic mass is 10.1. The van der Waals surface area contributed by atoms with E-state index in [0.29, 0.717) is 17.2 Å². The molecular weight excluding hydrogens is 400 g/mol. The first-order valence-corrected chi connectivity index (χ1v) is 9.37. The van der Waals surface area contributed by atoms with E-state index in [-0.39, 0.29) is 23.8 Å². The molecule has 3 aromatic carbocycles. The number of carbonyl (C=O) groups excluding carboxylic acids is 1.